The van der Waals surface area contributed by atoms with E-state index >= 15 is 0 Å². The molecule has 3 aromatic rings. The molecule has 6 heteroatoms. The number of allylic oxidation sites excluding steroid dienone is 1. The third kappa shape index (κ3) is 2.60. The van der Waals surface area contributed by atoms with Crippen molar-refractivity contribution in [3.63, 3.8) is 0 Å². The summed E-state index contributed by atoms with van der Waals surface area (Å²) in [5.74, 6) is 2.26. The van der Waals surface area contributed by atoms with Gasteiger partial charge in [-0.3, -0.25) is 9.69 Å². The lowest BCUT2D eigenvalue weighted by Gasteiger charge is -2.32. The molecule has 1 amide bonds. The molecule has 1 fully saturated rings. The quantitative estimate of drug-likeness (QED) is 0.622. The van der Waals surface area contributed by atoms with Crippen LogP contribution in [0, 0.1) is 5.92 Å². The van der Waals surface area contributed by atoms with Crippen LogP contribution in [0.3, 0.4) is 0 Å². The van der Waals surface area contributed by atoms with E-state index in [-0.39, 0.29) is 5.91 Å². The fourth-order valence-electron chi connectivity index (χ4n) is 5.91. The summed E-state index contributed by atoms with van der Waals surface area (Å²) >= 11 is 0. The molecule has 7 rings (SSSR count). The minimum absolute atomic E-state index is 0.0600. The molecule has 6 nitrogen and oxygen atoms in total. The molecule has 2 N–H and O–H groups in total. The number of carbonyl (C=O) groups excluding carboxylic acids is 1. The molecule has 0 saturated carbocycles. The van der Waals surface area contributed by atoms with Gasteiger partial charge in [0, 0.05) is 30.8 Å². The number of H-pyrrole nitrogens is 1. The van der Waals surface area contributed by atoms with Gasteiger partial charge in [-0.1, -0.05) is 18.2 Å². The summed E-state index contributed by atoms with van der Waals surface area (Å²) in [6.45, 7) is 2.89. The number of fused-ring (bicyclic) bond motifs is 5. The smallest absolute Gasteiger partial charge is 0.237 e. The summed E-state index contributed by atoms with van der Waals surface area (Å²) in [6, 6.07) is 8.32. The van der Waals surface area contributed by atoms with Gasteiger partial charge in [-0.2, -0.15) is 0 Å². The van der Waals surface area contributed by atoms with Crippen LogP contribution >= 0.6 is 0 Å². The van der Waals surface area contributed by atoms with Crippen molar-refractivity contribution in [3.8, 4) is 0 Å². The molecule has 2 aromatic heterocycles. The Labute approximate surface area is 185 Å². The van der Waals surface area contributed by atoms with Gasteiger partial charge in [0.15, 0.2) is 0 Å². The highest BCUT2D eigenvalue weighted by molar-refractivity contribution is 6.06. The van der Waals surface area contributed by atoms with Crippen LogP contribution < -0.4 is 5.32 Å². The third-order valence-electron chi connectivity index (χ3n) is 7.51. The van der Waals surface area contributed by atoms with E-state index in [0.717, 1.165) is 48.5 Å². The van der Waals surface area contributed by atoms with E-state index in [4.69, 9.17) is 4.98 Å². The number of amides is 1. The fourth-order valence-corrected chi connectivity index (χ4v) is 5.91. The summed E-state index contributed by atoms with van der Waals surface area (Å²) in [7, 11) is 0. The van der Waals surface area contributed by atoms with E-state index in [2.05, 4.69) is 50.2 Å². The van der Waals surface area contributed by atoms with E-state index in [1.54, 1.807) is 6.20 Å². The zero-order chi connectivity index (χ0) is 21.3. The molecule has 4 aliphatic rings. The van der Waals surface area contributed by atoms with Crippen molar-refractivity contribution in [1.82, 2.24) is 19.9 Å². The van der Waals surface area contributed by atoms with Gasteiger partial charge < -0.3 is 10.3 Å². The Hall–Kier alpha value is -3.47. The average molecular weight is 422 g/mol. The summed E-state index contributed by atoms with van der Waals surface area (Å²) in [5.41, 5.74) is 9.80. The second-order valence-corrected chi connectivity index (χ2v) is 9.42. The van der Waals surface area contributed by atoms with Crippen LogP contribution in [0.1, 0.15) is 28.9 Å². The van der Waals surface area contributed by atoms with Gasteiger partial charge in [-0.05, 0) is 60.2 Å². The van der Waals surface area contributed by atoms with Gasteiger partial charge in [0.2, 0.25) is 5.91 Å². The SMILES string of the molecule is O=C1Nc2ncccc2C12Cc1cc3nc(CN4CCC5=C=CC=CC5C4)[nH]c3cc1C2. The summed E-state index contributed by atoms with van der Waals surface area (Å²) < 4.78 is 0. The third-order valence-corrected chi connectivity index (χ3v) is 7.51. The first-order valence-electron chi connectivity index (χ1n) is 11.3. The minimum atomic E-state index is -0.533. The van der Waals surface area contributed by atoms with Crippen molar-refractivity contribution in [3.05, 3.63) is 82.5 Å². The average Bonchev–Trinajstić information content (AvgIpc) is 3.45. The Morgan fingerprint density at radius 1 is 1.25 bits per heavy atom. The Bertz CT molecular complexity index is 1350. The maximum Gasteiger partial charge on any atom is 0.237 e. The number of hydrogen-bond acceptors (Lipinski definition) is 4. The van der Waals surface area contributed by atoms with Crippen molar-refractivity contribution in [2.24, 2.45) is 5.92 Å². The Morgan fingerprint density at radius 2 is 2.16 bits per heavy atom. The zero-order valence-corrected chi connectivity index (χ0v) is 17.7. The molecule has 0 bridgehead atoms. The second kappa shape index (κ2) is 6.52. The molecule has 2 unspecified atom stereocenters. The van der Waals surface area contributed by atoms with Crippen LogP contribution in [0.25, 0.3) is 11.0 Å². The number of aromatic amines is 1. The van der Waals surface area contributed by atoms with Gasteiger partial charge in [-0.15, -0.1) is 5.73 Å². The highest BCUT2D eigenvalue weighted by Gasteiger charge is 2.51. The highest BCUT2D eigenvalue weighted by atomic mass is 16.2. The molecule has 1 saturated heterocycles. The predicted molar refractivity (Wildman–Crippen MR) is 122 cm³/mol. The van der Waals surface area contributed by atoms with Gasteiger partial charge >= 0.3 is 0 Å². The standard InChI is InChI=1S/C26H23N5O/c32-25-26(20-6-3-8-27-24(20)30-25)12-18-10-21-22(11-19(18)13-26)29-23(28-21)15-31-9-7-16-4-1-2-5-17(16)14-31/h1-3,5-6,8,10-11,17H,7,9,12-15H2,(H,28,29)(H,27,30,32). The lowest BCUT2D eigenvalue weighted by Crippen LogP contribution is -2.36. The molecular formula is C26H23N5O. The molecule has 2 aliphatic heterocycles. The molecule has 2 atom stereocenters. The van der Waals surface area contributed by atoms with E-state index in [0.29, 0.717) is 24.6 Å². The normalized spacial score (nSPS) is 22.7. The van der Waals surface area contributed by atoms with E-state index in [9.17, 15) is 4.79 Å². The van der Waals surface area contributed by atoms with Gasteiger partial charge in [-0.25, -0.2) is 9.97 Å². The number of nitrogens with one attached hydrogen (secondary N) is 2. The number of hydrogen-bond donors (Lipinski definition) is 2. The Balaban J connectivity index is 1.16. The Morgan fingerprint density at radius 3 is 3.09 bits per heavy atom. The number of piperidine rings is 1. The van der Waals surface area contributed by atoms with Gasteiger partial charge in [0.25, 0.3) is 0 Å². The molecule has 2 aliphatic carbocycles. The zero-order valence-electron chi connectivity index (χ0n) is 17.7. The fraction of sp³-hybridized carbons (Fsp3) is 0.308. The second-order valence-electron chi connectivity index (χ2n) is 9.42. The molecule has 32 heavy (non-hydrogen) atoms. The number of anilines is 1. The number of imidazole rings is 1. The molecule has 1 aromatic carbocycles. The van der Waals surface area contributed by atoms with Crippen molar-refractivity contribution in [2.75, 3.05) is 18.4 Å². The summed E-state index contributed by atoms with van der Waals surface area (Å²) in [4.78, 5) is 28.2. The lowest BCUT2D eigenvalue weighted by molar-refractivity contribution is -0.120. The van der Waals surface area contributed by atoms with Crippen LogP contribution in [-0.4, -0.2) is 38.8 Å². The van der Waals surface area contributed by atoms with Crippen molar-refractivity contribution < 1.29 is 4.79 Å². The summed E-state index contributed by atoms with van der Waals surface area (Å²) in [6.07, 6.45) is 10.6. The largest absolute Gasteiger partial charge is 0.341 e. The number of rotatable bonds is 2. The molecule has 0 radical (unpaired) electrons. The van der Waals surface area contributed by atoms with Crippen LogP contribution in [0.4, 0.5) is 5.82 Å². The molecule has 1 spiro atoms. The monoisotopic (exact) mass is 421 g/mol. The Kier molecular flexibility index (Phi) is 3.69. The minimum Gasteiger partial charge on any atom is -0.341 e. The van der Waals surface area contributed by atoms with Crippen molar-refractivity contribution >= 4 is 22.8 Å². The maximum absolute atomic E-state index is 12.9. The van der Waals surface area contributed by atoms with Crippen molar-refractivity contribution in [1.29, 1.82) is 0 Å². The van der Waals surface area contributed by atoms with E-state index in [1.807, 2.05) is 18.2 Å². The first-order chi connectivity index (χ1) is 15.7. The lowest BCUT2D eigenvalue weighted by atomic mass is 9.79. The predicted octanol–water partition coefficient (Wildman–Crippen LogP) is 3.42. The van der Waals surface area contributed by atoms with Crippen LogP contribution in [0.5, 0.6) is 0 Å². The first-order valence-corrected chi connectivity index (χ1v) is 11.3. The van der Waals surface area contributed by atoms with Crippen LogP contribution in [0.2, 0.25) is 0 Å². The number of nitrogens with zero attached hydrogens (tertiary/aromatic N) is 3. The topological polar surface area (TPSA) is 73.9 Å². The van der Waals surface area contributed by atoms with E-state index in [1.165, 1.54) is 16.7 Å². The van der Waals surface area contributed by atoms with Crippen LogP contribution in [-0.2, 0) is 29.6 Å². The van der Waals surface area contributed by atoms with Gasteiger partial charge in [0.05, 0.1) is 23.0 Å². The number of aromatic nitrogens is 3. The first kappa shape index (κ1) is 18.1. The highest BCUT2D eigenvalue weighted by Crippen LogP contribution is 2.47. The molecule has 158 valence electrons. The van der Waals surface area contributed by atoms with Gasteiger partial charge in [0.1, 0.15) is 11.6 Å². The number of carbonyl (C=O) groups is 1. The number of likely N-dealkylation sites (tertiary alicyclic amines) is 1. The van der Waals surface area contributed by atoms with Crippen molar-refractivity contribution in [2.45, 2.75) is 31.2 Å². The molecular weight excluding hydrogens is 398 g/mol. The number of pyridine rings is 1. The van der Waals surface area contributed by atoms with Crippen LogP contribution in [0.15, 0.2) is 60.0 Å². The molecule has 4 heterocycles. The maximum atomic E-state index is 12.9. The number of benzene rings is 1. The van der Waals surface area contributed by atoms with E-state index < -0.39 is 5.41 Å². The summed E-state index contributed by atoms with van der Waals surface area (Å²) in [5, 5.41) is 2.98.